The van der Waals surface area contributed by atoms with E-state index in [9.17, 15) is 20.7 Å². The van der Waals surface area contributed by atoms with E-state index in [1.54, 1.807) is 0 Å². The number of allylic oxidation sites excluding steroid dienone is 2. The second-order valence-corrected chi connectivity index (χ2v) is 32.7. The number of nitrogens with zero attached hydrogens (tertiary/aromatic N) is 2. The Morgan fingerprint density at radius 3 is 1.25 bits per heavy atom. The van der Waals surface area contributed by atoms with E-state index in [0.29, 0.717) is 52.1 Å². The SMILES string of the molecule is C[C@]12C[C@H]([C@H]3C[C@@]4(C)[C@@H](CC[C@@]4(C#N)O[Si](C)(C)C)[C@@H]4CC[C@@]5(O)CC6(CCC5=C43)OCCO6)C3=C4CCC5(C[C@]4(O)CC[C@H]3[C@@H]1CC[C@@]2(C#N)O[Si](C)(C)C)OCCO5.O. The van der Waals surface area contributed by atoms with Crippen LogP contribution in [0.5, 0.6) is 0 Å². The van der Waals surface area contributed by atoms with Gasteiger partial charge in [-0.2, -0.15) is 10.5 Å². The van der Waals surface area contributed by atoms with E-state index in [2.05, 4.69) is 65.3 Å². The molecule has 61 heavy (non-hydrogen) atoms. The van der Waals surface area contributed by atoms with Crippen LogP contribution in [0.3, 0.4) is 0 Å². The minimum absolute atomic E-state index is 0. The van der Waals surface area contributed by atoms with Gasteiger partial charge in [-0.15, -0.1) is 0 Å². The Morgan fingerprint density at radius 2 is 0.918 bits per heavy atom. The lowest BCUT2D eigenvalue weighted by atomic mass is 9.43. The fraction of sp³-hybridized carbons (Fsp3) is 0.875. The van der Waals surface area contributed by atoms with Crippen molar-refractivity contribution in [2.24, 2.45) is 46.3 Å². The van der Waals surface area contributed by atoms with Crippen LogP contribution in [0.1, 0.15) is 117 Å². The molecule has 0 aromatic rings. The highest BCUT2D eigenvalue weighted by Gasteiger charge is 2.71. The summed E-state index contributed by atoms with van der Waals surface area (Å²) in [7, 11) is -4.35. The first-order chi connectivity index (χ1) is 28.1. The van der Waals surface area contributed by atoms with Gasteiger partial charge in [0.25, 0.3) is 0 Å². The summed E-state index contributed by atoms with van der Waals surface area (Å²) in [6.07, 6.45) is 11.7. The second kappa shape index (κ2) is 14.3. The maximum absolute atomic E-state index is 13.1. The van der Waals surface area contributed by atoms with Crippen molar-refractivity contribution in [1.29, 1.82) is 10.5 Å². The summed E-state index contributed by atoms with van der Waals surface area (Å²) in [5, 5.41) is 49.0. The molecule has 11 nitrogen and oxygen atoms in total. The Kier molecular flexibility index (Phi) is 10.5. The Labute approximate surface area is 366 Å². The first-order valence-electron chi connectivity index (χ1n) is 23.8. The molecule has 13 heteroatoms. The topological polar surface area (TPSA) is 175 Å². The molecular formula is C48H74N2O9Si2. The van der Waals surface area contributed by atoms with Gasteiger partial charge in [-0.05, 0) is 163 Å². The monoisotopic (exact) mass is 878 g/mol. The maximum Gasteiger partial charge on any atom is 0.185 e. The van der Waals surface area contributed by atoms with Gasteiger partial charge in [0.2, 0.25) is 0 Å². The normalized spacial score (nSPS) is 47.1. The minimum Gasteiger partial charge on any atom is -0.412 e. The first kappa shape index (κ1) is 44.7. The lowest BCUT2D eigenvalue weighted by Gasteiger charge is -2.63. The lowest BCUT2D eigenvalue weighted by Crippen LogP contribution is -2.61. The quantitative estimate of drug-likeness (QED) is 0.204. The average molecular weight is 879 g/mol. The van der Waals surface area contributed by atoms with Crippen LogP contribution in [0.15, 0.2) is 22.3 Å². The Balaban J connectivity index is 0.00000476. The number of hydrogen-bond acceptors (Lipinski definition) is 10. The Bertz CT molecular complexity index is 1820. The highest BCUT2D eigenvalue weighted by atomic mass is 28.4. The van der Waals surface area contributed by atoms with Gasteiger partial charge in [0.05, 0.1) is 49.8 Å². The van der Waals surface area contributed by atoms with Gasteiger partial charge >= 0.3 is 0 Å². The fourth-order valence-corrected chi connectivity index (χ4v) is 19.5. The average Bonchev–Trinajstić information content (AvgIpc) is 3.94. The third-order valence-corrected chi connectivity index (χ3v) is 20.5. The van der Waals surface area contributed by atoms with E-state index < -0.39 is 61.4 Å². The van der Waals surface area contributed by atoms with Crippen molar-refractivity contribution in [3.05, 3.63) is 22.3 Å². The van der Waals surface area contributed by atoms with Gasteiger partial charge in [-0.1, -0.05) is 25.0 Å². The zero-order valence-electron chi connectivity index (χ0n) is 38.3. The van der Waals surface area contributed by atoms with E-state index in [-0.39, 0.29) is 41.0 Å². The van der Waals surface area contributed by atoms with Gasteiger partial charge in [-0.25, -0.2) is 0 Å². The molecule has 6 saturated carbocycles. The molecule has 10 rings (SSSR count). The summed E-state index contributed by atoms with van der Waals surface area (Å²) in [5.74, 6) is -0.575. The third-order valence-electron chi connectivity index (χ3n) is 18.6. The summed E-state index contributed by atoms with van der Waals surface area (Å²) in [5.41, 5.74) is 0.515. The van der Waals surface area contributed by atoms with Crippen LogP contribution in [0.2, 0.25) is 39.3 Å². The van der Waals surface area contributed by atoms with Crippen LogP contribution in [-0.4, -0.2) is 92.7 Å². The largest absolute Gasteiger partial charge is 0.412 e. The van der Waals surface area contributed by atoms with Gasteiger partial charge in [0, 0.05) is 36.5 Å². The van der Waals surface area contributed by atoms with Gasteiger partial charge in [-0.3, -0.25) is 0 Å². The van der Waals surface area contributed by atoms with Gasteiger partial charge in [0.15, 0.2) is 28.2 Å². The lowest BCUT2D eigenvalue weighted by molar-refractivity contribution is -0.210. The molecule has 8 aliphatic carbocycles. The molecule has 8 fully saturated rings. The molecule has 0 bridgehead atoms. The minimum atomic E-state index is -2.17. The van der Waals surface area contributed by atoms with E-state index in [0.717, 1.165) is 77.0 Å². The summed E-state index contributed by atoms with van der Waals surface area (Å²) in [4.78, 5) is 0. The van der Waals surface area contributed by atoms with Gasteiger partial charge < -0.3 is 43.5 Å². The molecule has 0 aromatic carbocycles. The van der Waals surface area contributed by atoms with Crippen LogP contribution in [0.25, 0.3) is 0 Å². The Hall–Kier alpha value is -1.47. The molecule has 2 aliphatic heterocycles. The van der Waals surface area contributed by atoms with Crippen molar-refractivity contribution >= 4 is 16.6 Å². The standard InChI is InChI=1S/C48H72N2O8Si2.H2O/c1-41-25-33(39-31(35(41)11-17-45(41,29-49)57-59(3,4)5)9-15-43(51)27-47(19-13-37(39)43)53-21-22-54-47)34-26-42(2)36(12-18-46(42,30-50)58-60(6,7)8)32-10-16-44(52)28-48(55-23-24-56-48)20-14-38(44)40(32)34;/h31-36,51-52H,9-28H2,1-8H3;1H2/t31-,32-,33+,34+,35-,36-,41-,42-,43+,44+,45-,46-;/m0./s1. The molecule has 0 amide bonds. The zero-order valence-corrected chi connectivity index (χ0v) is 40.3. The molecule has 2 spiro atoms. The highest BCUT2D eigenvalue weighted by Crippen LogP contribution is 2.74. The molecule has 4 N–H and O–H groups in total. The molecule has 338 valence electrons. The number of ether oxygens (including phenoxy) is 4. The van der Waals surface area contributed by atoms with Crippen LogP contribution in [0, 0.1) is 69.0 Å². The Morgan fingerprint density at radius 1 is 0.557 bits per heavy atom. The van der Waals surface area contributed by atoms with Crippen LogP contribution in [-0.2, 0) is 27.8 Å². The number of hydrogen-bond donors (Lipinski definition) is 2. The maximum atomic E-state index is 13.1. The predicted octanol–water partition coefficient (Wildman–Crippen LogP) is 7.99. The smallest absolute Gasteiger partial charge is 0.185 e. The molecule has 12 atom stereocenters. The van der Waals surface area contributed by atoms with Crippen molar-refractivity contribution < 1.29 is 43.5 Å². The van der Waals surface area contributed by atoms with Crippen molar-refractivity contribution in [3.8, 4) is 12.1 Å². The molecule has 0 radical (unpaired) electrons. The third kappa shape index (κ3) is 6.43. The molecular weight excluding hydrogens is 805 g/mol. The summed E-state index contributed by atoms with van der Waals surface area (Å²) >= 11 is 0. The van der Waals surface area contributed by atoms with Crippen LogP contribution >= 0.6 is 0 Å². The predicted molar refractivity (Wildman–Crippen MR) is 233 cm³/mol. The van der Waals surface area contributed by atoms with E-state index >= 15 is 0 Å². The number of nitriles is 2. The summed E-state index contributed by atoms with van der Waals surface area (Å²) in [6.45, 7) is 20.3. The number of fused-ring (bicyclic) bond motifs is 8. The van der Waals surface area contributed by atoms with Crippen LogP contribution < -0.4 is 0 Å². The molecule has 10 aliphatic rings. The molecule has 0 aromatic heterocycles. The molecule has 0 unspecified atom stereocenters. The van der Waals surface area contributed by atoms with Crippen molar-refractivity contribution in [2.75, 3.05) is 26.4 Å². The molecule has 2 saturated heterocycles. The fourth-order valence-electron chi connectivity index (χ4n) is 16.6. The second-order valence-electron chi connectivity index (χ2n) is 23.8. The van der Waals surface area contributed by atoms with Crippen molar-refractivity contribution in [2.45, 2.75) is 190 Å². The number of aliphatic hydroxyl groups is 2. The zero-order chi connectivity index (χ0) is 42.6. The summed E-state index contributed by atoms with van der Waals surface area (Å²) in [6, 6.07) is 5.79. The number of rotatable bonds is 5. The van der Waals surface area contributed by atoms with E-state index in [1.165, 1.54) is 22.3 Å². The summed E-state index contributed by atoms with van der Waals surface area (Å²) < 4.78 is 39.7. The first-order valence-corrected chi connectivity index (χ1v) is 30.6. The van der Waals surface area contributed by atoms with Gasteiger partial charge in [0.1, 0.15) is 11.2 Å². The van der Waals surface area contributed by atoms with Crippen molar-refractivity contribution in [1.82, 2.24) is 0 Å². The molecule has 2 heterocycles. The van der Waals surface area contributed by atoms with Crippen molar-refractivity contribution in [3.63, 3.8) is 0 Å². The van der Waals surface area contributed by atoms with E-state index in [4.69, 9.17) is 27.8 Å². The van der Waals surface area contributed by atoms with E-state index in [1.807, 2.05) is 0 Å². The highest BCUT2D eigenvalue weighted by molar-refractivity contribution is 6.70. The van der Waals surface area contributed by atoms with Crippen LogP contribution in [0.4, 0.5) is 0 Å².